The largest absolute Gasteiger partial charge is 0.477 e. The first kappa shape index (κ1) is 11.3. The number of rotatable bonds is 3. The normalized spacial score (nSPS) is 11.1. The number of hydrogen-bond acceptors (Lipinski definition) is 4. The van der Waals surface area contributed by atoms with E-state index in [0.717, 1.165) is 0 Å². The van der Waals surface area contributed by atoms with Crippen molar-refractivity contribution in [2.75, 3.05) is 0 Å². The third-order valence-corrected chi connectivity index (χ3v) is 1.95. The molecule has 1 rings (SSSR count). The lowest BCUT2D eigenvalue weighted by molar-refractivity contribution is -0.384. The molecule has 0 saturated heterocycles. The summed E-state index contributed by atoms with van der Waals surface area (Å²) in [5.74, 6) is -1.14. The minimum Gasteiger partial charge on any atom is -0.477 e. The molecule has 0 spiro atoms. The Bertz CT molecular complexity index is 424. The molecule has 1 aromatic rings. The number of carboxylic acids is 1. The molecule has 0 amide bonds. The van der Waals surface area contributed by atoms with Crippen LogP contribution in [0, 0.1) is 10.1 Å². The van der Waals surface area contributed by atoms with Gasteiger partial charge in [-0.3, -0.25) is 10.1 Å². The lowest BCUT2D eigenvalue weighted by atomic mass is 10.2. The number of carboxylic acid groups (broad SMARTS) is 1. The summed E-state index contributed by atoms with van der Waals surface area (Å²) in [5, 5.41) is 18.9. The number of benzene rings is 1. The van der Waals surface area contributed by atoms with E-state index in [2.05, 4.69) is 12.6 Å². The Hall–Kier alpha value is -1.82. The highest BCUT2D eigenvalue weighted by Gasteiger charge is 2.04. The van der Waals surface area contributed by atoms with Crippen LogP contribution in [0.4, 0.5) is 5.69 Å². The summed E-state index contributed by atoms with van der Waals surface area (Å²) in [5.41, 5.74) is 0.510. The Labute approximate surface area is 90.6 Å². The van der Waals surface area contributed by atoms with Crippen LogP contribution < -0.4 is 0 Å². The molecule has 0 atom stereocenters. The van der Waals surface area contributed by atoms with Gasteiger partial charge in [0.2, 0.25) is 0 Å². The van der Waals surface area contributed by atoms with Crippen molar-refractivity contribution in [3.05, 3.63) is 44.8 Å². The zero-order valence-corrected chi connectivity index (χ0v) is 8.35. The number of aliphatic carboxylic acids is 1. The van der Waals surface area contributed by atoms with Crippen LogP contribution in [-0.2, 0) is 4.79 Å². The third-order valence-electron chi connectivity index (χ3n) is 1.63. The molecular weight excluding hydrogens is 218 g/mol. The van der Waals surface area contributed by atoms with Crippen LogP contribution >= 0.6 is 12.6 Å². The zero-order valence-electron chi connectivity index (χ0n) is 7.45. The molecule has 0 aliphatic rings. The molecule has 0 saturated carbocycles. The molecule has 0 heterocycles. The monoisotopic (exact) mass is 225 g/mol. The molecule has 1 N–H and O–H groups in total. The van der Waals surface area contributed by atoms with E-state index in [-0.39, 0.29) is 10.6 Å². The van der Waals surface area contributed by atoms with Gasteiger partial charge >= 0.3 is 5.97 Å². The van der Waals surface area contributed by atoms with Crippen molar-refractivity contribution in [2.24, 2.45) is 0 Å². The number of hydrogen-bond donors (Lipinski definition) is 2. The van der Waals surface area contributed by atoms with Crippen LogP contribution in [0.2, 0.25) is 0 Å². The smallest absolute Gasteiger partial charge is 0.341 e. The van der Waals surface area contributed by atoms with Gasteiger partial charge in [-0.15, -0.1) is 12.6 Å². The number of carbonyl (C=O) groups is 1. The van der Waals surface area contributed by atoms with E-state index in [4.69, 9.17) is 5.11 Å². The van der Waals surface area contributed by atoms with Gasteiger partial charge in [-0.25, -0.2) is 4.79 Å². The zero-order chi connectivity index (χ0) is 11.4. The average molecular weight is 225 g/mol. The van der Waals surface area contributed by atoms with Gasteiger partial charge in [-0.05, 0) is 23.8 Å². The second kappa shape index (κ2) is 4.61. The molecule has 0 fully saturated rings. The number of non-ortho nitro benzene ring substituents is 1. The van der Waals surface area contributed by atoms with Crippen molar-refractivity contribution in [3.63, 3.8) is 0 Å². The molecule has 6 heteroatoms. The number of thiol groups is 1. The quantitative estimate of drug-likeness (QED) is 0.356. The van der Waals surface area contributed by atoms with Crippen LogP contribution in [0.3, 0.4) is 0 Å². The van der Waals surface area contributed by atoms with E-state index in [9.17, 15) is 14.9 Å². The van der Waals surface area contributed by atoms with Gasteiger partial charge in [0.1, 0.15) is 0 Å². The van der Waals surface area contributed by atoms with Crippen LogP contribution in [0.1, 0.15) is 5.56 Å². The van der Waals surface area contributed by atoms with E-state index < -0.39 is 10.9 Å². The van der Waals surface area contributed by atoms with E-state index >= 15 is 0 Å². The van der Waals surface area contributed by atoms with Crippen LogP contribution in [0.15, 0.2) is 29.2 Å². The highest BCUT2D eigenvalue weighted by molar-refractivity contribution is 7.85. The van der Waals surface area contributed by atoms with Crippen molar-refractivity contribution in [1.29, 1.82) is 0 Å². The first-order valence-corrected chi connectivity index (χ1v) is 4.34. The Kier molecular flexibility index (Phi) is 3.46. The summed E-state index contributed by atoms with van der Waals surface area (Å²) in [6.45, 7) is 0. The second-order valence-corrected chi connectivity index (χ2v) is 3.17. The van der Waals surface area contributed by atoms with E-state index in [1.807, 2.05) is 0 Å². The molecular formula is C9H7NO4S. The van der Waals surface area contributed by atoms with E-state index in [1.165, 1.54) is 30.3 Å². The number of nitro benzene ring substituents is 1. The fourth-order valence-corrected chi connectivity index (χ4v) is 1.06. The summed E-state index contributed by atoms with van der Waals surface area (Å²) in [4.78, 5) is 20.1. The van der Waals surface area contributed by atoms with Gasteiger partial charge < -0.3 is 5.11 Å². The minimum absolute atomic E-state index is 0.0387. The standard InChI is InChI=1S/C9H7NO4S/c11-9(12)8(15)5-6-1-3-7(4-2-6)10(13)14/h1-5,15H,(H,11,12)/b8-5+. The van der Waals surface area contributed by atoms with Gasteiger partial charge in [-0.2, -0.15) is 0 Å². The summed E-state index contributed by atoms with van der Waals surface area (Å²) in [7, 11) is 0. The molecule has 0 unspecified atom stereocenters. The lowest BCUT2D eigenvalue weighted by Gasteiger charge is -1.95. The SMILES string of the molecule is O=C(O)/C(S)=C\c1ccc([N+](=O)[O-])cc1. The average Bonchev–Trinajstić information content (AvgIpc) is 2.18. The van der Waals surface area contributed by atoms with E-state index in [0.29, 0.717) is 5.56 Å². The molecule has 0 aliphatic carbocycles. The fraction of sp³-hybridized carbons (Fsp3) is 0. The molecule has 5 nitrogen and oxygen atoms in total. The number of nitro groups is 1. The van der Waals surface area contributed by atoms with Crippen LogP contribution in [-0.4, -0.2) is 16.0 Å². The summed E-state index contributed by atoms with van der Waals surface area (Å²) >= 11 is 3.73. The van der Waals surface area contributed by atoms with Gasteiger partial charge in [0.25, 0.3) is 5.69 Å². The Morgan fingerprint density at radius 2 is 1.93 bits per heavy atom. The molecule has 0 aliphatic heterocycles. The maximum absolute atomic E-state index is 10.4. The summed E-state index contributed by atoms with van der Waals surface area (Å²) < 4.78 is 0. The molecule has 78 valence electrons. The maximum Gasteiger partial charge on any atom is 0.341 e. The minimum atomic E-state index is -1.14. The first-order chi connectivity index (χ1) is 7.00. The van der Waals surface area contributed by atoms with Crippen molar-refractivity contribution < 1.29 is 14.8 Å². The van der Waals surface area contributed by atoms with Crippen molar-refractivity contribution in [1.82, 2.24) is 0 Å². The Morgan fingerprint density at radius 3 is 2.33 bits per heavy atom. The topological polar surface area (TPSA) is 80.4 Å². The predicted molar refractivity (Wildman–Crippen MR) is 57.7 cm³/mol. The van der Waals surface area contributed by atoms with Gasteiger partial charge in [-0.1, -0.05) is 0 Å². The first-order valence-electron chi connectivity index (χ1n) is 3.89. The highest BCUT2D eigenvalue weighted by atomic mass is 32.1. The Balaban J connectivity index is 2.95. The molecule has 0 aromatic heterocycles. The second-order valence-electron chi connectivity index (χ2n) is 2.68. The van der Waals surface area contributed by atoms with Crippen molar-refractivity contribution in [3.8, 4) is 0 Å². The van der Waals surface area contributed by atoms with Gasteiger partial charge in [0, 0.05) is 12.1 Å². The van der Waals surface area contributed by atoms with Gasteiger partial charge in [0.15, 0.2) is 0 Å². The lowest BCUT2D eigenvalue weighted by Crippen LogP contribution is -1.93. The fourth-order valence-electron chi connectivity index (χ4n) is 0.912. The highest BCUT2D eigenvalue weighted by Crippen LogP contribution is 2.15. The Morgan fingerprint density at radius 1 is 1.40 bits per heavy atom. The summed E-state index contributed by atoms with van der Waals surface area (Å²) in [6.07, 6.45) is 1.31. The van der Waals surface area contributed by atoms with E-state index in [1.54, 1.807) is 0 Å². The van der Waals surface area contributed by atoms with Crippen LogP contribution in [0.25, 0.3) is 6.08 Å². The molecule has 15 heavy (non-hydrogen) atoms. The maximum atomic E-state index is 10.4. The molecule has 0 bridgehead atoms. The summed E-state index contributed by atoms with van der Waals surface area (Å²) in [6, 6.07) is 5.51. The number of nitrogens with zero attached hydrogens (tertiary/aromatic N) is 1. The van der Waals surface area contributed by atoms with Gasteiger partial charge in [0.05, 0.1) is 9.83 Å². The molecule has 0 radical (unpaired) electrons. The molecule has 1 aromatic carbocycles. The van der Waals surface area contributed by atoms with Crippen LogP contribution in [0.5, 0.6) is 0 Å². The van der Waals surface area contributed by atoms with Crippen molar-refractivity contribution >= 4 is 30.4 Å². The van der Waals surface area contributed by atoms with Crippen molar-refractivity contribution in [2.45, 2.75) is 0 Å². The third kappa shape index (κ3) is 3.10. The predicted octanol–water partition coefficient (Wildman–Crippen LogP) is 1.95.